The van der Waals surface area contributed by atoms with Crippen LogP contribution in [0.4, 0.5) is 0 Å². The van der Waals surface area contributed by atoms with Crippen LogP contribution in [-0.2, 0) is 30.4 Å². The fraction of sp³-hybridized carbons (Fsp3) is 0.500. The van der Waals surface area contributed by atoms with Crippen LogP contribution in [0.5, 0.6) is 5.75 Å². The van der Waals surface area contributed by atoms with Gasteiger partial charge in [-0.05, 0) is 37.0 Å². The number of carbonyl (C=O) groups excluding carboxylic acids is 4. The van der Waals surface area contributed by atoms with Gasteiger partial charge in [0.1, 0.15) is 23.9 Å². The smallest absolute Gasteiger partial charge is 0.325 e. The number of phenols is 1. The van der Waals surface area contributed by atoms with Gasteiger partial charge in [0, 0.05) is 6.42 Å². The van der Waals surface area contributed by atoms with Crippen molar-refractivity contribution in [1.29, 1.82) is 0 Å². The van der Waals surface area contributed by atoms with Gasteiger partial charge in [0.05, 0.1) is 12.5 Å². The normalized spacial score (nSPS) is 14.4. The number of rotatable bonds is 13. The van der Waals surface area contributed by atoms with Crippen molar-refractivity contribution in [2.75, 3.05) is 0 Å². The molecule has 0 radical (unpaired) electrons. The zero-order chi connectivity index (χ0) is 26.0. The third-order valence-corrected chi connectivity index (χ3v) is 4.84. The largest absolute Gasteiger partial charge is 0.508 e. The Labute approximate surface area is 197 Å². The van der Waals surface area contributed by atoms with Crippen molar-refractivity contribution in [3.8, 4) is 5.75 Å². The Kier molecular flexibility index (Phi) is 11.0. The molecule has 9 N–H and O–H groups in total. The van der Waals surface area contributed by atoms with E-state index in [1.165, 1.54) is 31.2 Å². The highest BCUT2D eigenvalue weighted by Gasteiger charge is 2.30. The van der Waals surface area contributed by atoms with Crippen molar-refractivity contribution in [3.05, 3.63) is 29.8 Å². The molecule has 4 amide bonds. The average molecular weight is 480 g/mol. The highest BCUT2D eigenvalue weighted by molar-refractivity contribution is 5.96. The number of benzene rings is 1. The molecule has 1 rings (SSSR count). The van der Waals surface area contributed by atoms with Crippen LogP contribution in [0.15, 0.2) is 24.3 Å². The molecular weight excluding hydrogens is 446 g/mol. The van der Waals surface area contributed by atoms with Crippen molar-refractivity contribution in [2.24, 2.45) is 17.4 Å². The van der Waals surface area contributed by atoms with Gasteiger partial charge in [-0.15, -0.1) is 0 Å². The van der Waals surface area contributed by atoms with E-state index < -0.39 is 60.2 Å². The summed E-state index contributed by atoms with van der Waals surface area (Å²) in [5.74, 6) is -4.36. The number of carboxylic acid groups (broad SMARTS) is 1. The molecule has 0 aliphatic heterocycles. The summed E-state index contributed by atoms with van der Waals surface area (Å²) in [6, 6.07) is 1.02. The first-order valence-corrected chi connectivity index (χ1v) is 10.8. The van der Waals surface area contributed by atoms with Gasteiger partial charge >= 0.3 is 5.97 Å². The lowest BCUT2D eigenvalue weighted by atomic mass is 10.0. The lowest BCUT2D eigenvalue weighted by molar-refractivity contribution is -0.142. The summed E-state index contributed by atoms with van der Waals surface area (Å²) in [6.45, 7) is 4.99. The molecule has 4 atom stereocenters. The van der Waals surface area contributed by atoms with Gasteiger partial charge < -0.3 is 37.6 Å². The number of nitrogens with two attached hydrogens (primary N) is 2. The van der Waals surface area contributed by atoms with Gasteiger partial charge in [-0.25, -0.2) is 0 Å². The SMILES string of the molecule is CC(C)CC(N)C(=O)NC(CC(N)=O)C(=O)NC(Cc1ccc(O)cc1)C(=O)NC(C)C(=O)O. The molecule has 0 bridgehead atoms. The number of aromatic hydroxyl groups is 1. The van der Waals surface area contributed by atoms with Gasteiger partial charge in [-0.2, -0.15) is 0 Å². The molecule has 0 fully saturated rings. The van der Waals surface area contributed by atoms with Crippen LogP contribution in [0.25, 0.3) is 0 Å². The highest BCUT2D eigenvalue weighted by atomic mass is 16.4. The maximum absolute atomic E-state index is 12.9. The molecule has 1 aromatic carbocycles. The Morgan fingerprint density at radius 1 is 0.882 bits per heavy atom. The number of hydrogen-bond acceptors (Lipinski definition) is 7. The zero-order valence-electron chi connectivity index (χ0n) is 19.4. The summed E-state index contributed by atoms with van der Waals surface area (Å²) in [6.07, 6.45) is -0.255. The predicted octanol–water partition coefficient (Wildman–Crippen LogP) is -1.26. The fourth-order valence-electron chi connectivity index (χ4n) is 3.03. The minimum Gasteiger partial charge on any atom is -0.508 e. The Hall–Kier alpha value is -3.67. The summed E-state index contributed by atoms with van der Waals surface area (Å²) in [5, 5.41) is 25.6. The lowest BCUT2D eigenvalue weighted by Gasteiger charge is -2.24. The minimum absolute atomic E-state index is 0.00439. The van der Waals surface area contributed by atoms with Crippen molar-refractivity contribution >= 4 is 29.6 Å². The number of primary amides is 1. The number of aliphatic carboxylic acids is 1. The van der Waals surface area contributed by atoms with Crippen LogP contribution < -0.4 is 27.4 Å². The van der Waals surface area contributed by atoms with E-state index in [-0.39, 0.29) is 18.1 Å². The quantitative estimate of drug-likeness (QED) is 0.181. The number of carboxylic acids is 1. The summed E-state index contributed by atoms with van der Waals surface area (Å²) >= 11 is 0. The van der Waals surface area contributed by atoms with E-state index in [1.807, 2.05) is 13.8 Å². The van der Waals surface area contributed by atoms with Gasteiger partial charge in [0.2, 0.25) is 23.6 Å². The maximum atomic E-state index is 12.9. The fourth-order valence-corrected chi connectivity index (χ4v) is 3.03. The van der Waals surface area contributed by atoms with Crippen LogP contribution in [0.1, 0.15) is 39.2 Å². The van der Waals surface area contributed by atoms with E-state index in [2.05, 4.69) is 16.0 Å². The van der Waals surface area contributed by atoms with Crippen LogP contribution in [0.3, 0.4) is 0 Å². The molecular formula is C22H33N5O7. The Balaban J connectivity index is 3.08. The van der Waals surface area contributed by atoms with Crippen molar-refractivity contribution < 1.29 is 34.2 Å². The molecule has 188 valence electrons. The molecule has 0 spiro atoms. The Bertz CT molecular complexity index is 888. The van der Waals surface area contributed by atoms with Gasteiger partial charge in [0.25, 0.3) is 0 Å². The Morgan fingerprint density at radius 3 is 1.91 bits per heavy atom. The summed E-state index contributed by atoms with van der Waals surface area (Å²) in [5.41, 5.74) is 11.6. The first kappa shape index (κ1) is 28.4. The van der Waals surface area contributed by atoms with E-state index in [0.717, 1.165) is 0 Å². The zero-order valence-corrected chi connectivity index (χ0v) is 19.4. The molecule has 1 aromatic rings. The number of amides is 4. The number of hydrogen-bond donors (Lipinski definition) is 7. The van der Waals surface area contributed by atoms with Gasteiger partial charge in [-0.3, -0.25) is 24.0 Å². The van der Waals surface area contributed by atoms with E-state index in [1.54, 1.807) is 0 Å². The number of carbonyl (C=O) groups is 5. The number of phenolic OH excluding ortho intramolecular Hbond substituents is 1. The van der Waals surface area contributed by atoms with E-state index in [4.69, 9.17) is 16.6 Å². The Morgan fingerprint density at radius 2 is 1.41 bits per heavy atom. The molecule has 0 saturated heterocycles. The average Bonchev–Trinajstić information content (AvgIpc) is 2.73. The monoisotopic (exact) mass is 479 g/mol. The molecule has 0 aliphatic carbocycles. The molecule has 34 heavy (non-hydrogen) atoms. The lowest BCUT2D eigenvalue weighted by Crippen LogP contribution is -2.58. The van der Waals surface area contributed by atoms with Crippen LogP contribution in [-0.4, -0.2) is 64.0 Å². The summed E-state index contributed by atoms with van der Waals surface area (Å²) in [7, 11) is 0. The second-order valence-corrected chi connectivity index (χ2v) is 8.47. The second-order valence-electron chi connectivity index (χ2n) is 8.47. The van der Waals surface area contributed by atoms with Crippen LogP contribution in [0, 0.1) is 5.92 Å². The second kappa shape index (κ2) is 13.1. The minimum atomic E-state index is -1.39. The molecule has 0 aromatic heterocycles. The first-order chi connectivity index (χ1) is 15.8. The van der Waals surface area contributed by atoms with Crippen molar-refractivity contribution in [1.82, 2.24) is 16.0 Å². The molecule has 12 nitrogen and oxygen atoms in total. The van der Waals surface area contributed by atoms with Crippen LogP contribution in [0.2, 0.25) is 0 Å². The van der Waals surface area contributed by atoms with Gasteiger partial charge in [0.15, 0.2) is 0 Å². The third-order valence-electron chi connectivity index (χ3n) is 4.84. The first-order valence-electron chi connectivity index (χ1n) is 10.8. The molecule has 0 heterocycles. The molecule has 0 saturated carbocycles. The predicted molar refractivity (Wildman–Crippen MR) is 122 cm³/mol. The van der Waals surface area contributed by atoms with Crippen LogP contribution >= 0.6 is 0 Å². The van der Waals surface area contributed by atoms with E-state index >= 15 is 0 Å². The van der Waals surface area contributed by atoms with Gasteiger partial charge in [-0.1, -0.05) is 26.0 Å². The third kappa shape index (κ3) is 9.86. The highest BCUT2D eigenvalue weighted by Crippen LogP contribution is 2.12. The van der Waals surface area contributed by atoms with Crippen molar-refractivity contribution in [3.63, 3.8) is 0 Å². The number of nitrogens with one attached hydrogen (secondary N) is 3. The van der Waals surface area contributed by atoms with E-state index in [9.17, 15) is 29.1 Å². The molecule has 4 unspecified atom stereocenters. The molecule has 0 aliphatic rings. The van der Waals surface area contributed by atoms with E-state index in [0.29, 0.717) is 12.0 Å². The molecule has 12 heteroatoms. The summed E-state index contributed by atoms with van der Waals surface area (Å²) in [4.78, 5) is 60.7. The summed E-state index contributed by atoms with van der Waals surface area (Å²) < 4.78 is 0. The standard InChI is InChI=1S/C22H33N5O7/c1-11(2)8-15(23)19(30)26-17(10-18(24)29)21(32)27-16(20(31)25-12(3)22(33)34)9-13-4-6-14(28)7-5-13/h4-7,11-12,15-17,28H,8-10,23H2,1-3H3,(H2,24,29)(H,25,31)(H,26,30)(H,27,32)(H,33,34). The maximum Gasteiger partial charge on any atom is 0.325 e. The van der Waals surface area contributed by atoms with Crippen molar-refractivity contribution in [2.45, 2.75) is 64.2 Å². The topological polar surface area (TPSA) is 214 Å².